The fourth-order valence-electron chi connectivity index (χ4n) is 3.16. The van der Waals surface area contributed by atoms with Gasteiger partial charge in [-0.2, -0.15) is 17.8 Å². The Morgan fingerprint density at radius 3 is 2.31 bits per heavy atom. The highest BCUT2D eigenvalue weighted by Crippen LogP contribution is 2.28. The van der Waals surface area contributed by atoms with Crippen molar-refractivity contribution in [2.45, 2.75) is 25.7 Å². The number of nitriles is 1. The molecule has 7 nitrogen and oxygen atoms in total. The third-order valence-electron chi connectivity index (χ3n) is 4.07. The molecule has 0 atom stereocenters. The zero-order valence-electron chi connectivity index (χ0n) is 14.3. The van der Waals surface area contributed by atoms with Gasteiger partial charge in [0.15, 0.2) is 5.69 Å². The molecule has 0 saturated heterocycles. The number of aryl methyl sites for hydroxylation is 3. The molecule has 1 heterocycles. The molecule has 0 spiro atoms. The molecule has 26 heavy (non-hydrogen) atoms. The van der Waals surface area contributed by atoms with Crippen LogP contribution in [0, 0.1) is 32.1 Å². The molecule has 1 aromatic heterocycles. The van der Waals surface area contributed by atoms with Crippen LogP contribution in [0.25, 0.3) is 10.9 Å². The second-order valence-corrected chi connectivity index (χ2v) is 7.78. The molecular weight excluding hydrogens is 354 g/mol. The molecule has 0 unspecified atom stereocenters. The van der Waals surface area contributed by atoms with Crippen LogP contribution in [0.2, 0.25) is 0 Å². The Balaban J connectivity index is 2.39. The lowest BCUT2D eigenvalue weighted by molar-refractivity contribution is 0.0692. The van der Waals surface area contributed by atoms with E-state index in [4.69, 9.17) is 5.26 Å². The van der Waals surface area contributed by atoms with Crippen molar-refractivity contribution >= 4 is 26.9 Å². The zero-order chi connectivity index (χ0) is 19.2. The molecule has 8 heteroatoms. The van der Waals surface area contributed by atoms with Crippen LogP contribution < -0.4 is 0 Å². The monoisotopic (exact) mass is 369 g/mol. The number of carboxylic acid groups (broad SMARTS) is 1. The predicted octanol–water partition coefficient (Wildman–Crippen LogP) is 2.77. The Morgan fingerprint density at radius 1 is 1.15 bits per heavy atom. The smallest absolute Gasteiger partial charge is 0.357 e. The highest BCUT2D eigenvalue weighted by Gasteiger charge is 2.28. The molecule has 0 aliphatic heterocycles. The quantitative estimate of drug-likeness (QED) is 0.759. The van der Waals surface area contributed by atoms with Gasteiger partial charge >= 0.3 is 5.97 Å². The van der Waals surface area contributed by atoms with Crippen LogP contribution in [0.4, 0.5) is 0 Å². The first kappa shape index (κ1) is 17.6. The van der Waals surface area contributed by atoms with Gasteiger partial charge in [-0.1, -0.05) is 17.7 Å². The molecule has 0 aliphatic carbocycles. The second-order valence-electron chi connectivity index (χ2n) is 6.07. The maximum absolute atomic E-state index is 13.2. The van der Waals surface area contributed by atoms with E-state index in [2.05, 4.69) is 5.10 Å². The molecule has 0 radical (unpaired) electrons. The van der Waals surface area contributed by atoms with E-state index in [0.717, 1.165) is 9.65 Å². The van der Waals surface area contributed by atoms with Crippen molar-refractivity contribution in [3.05, 3.63) is 58.3 Å². The average Bonchev–Trinajstić information content (AvgIpc) is 2.93. The van der Waals surface area contributed by atoms with Crippen LogP contribution in [0.3, 0.4) is 0 Å². The summed E-state index contributed by atoms with van der Waals surface area (Å²) >= 11 is 0. The fourth-order valence-corrected chi connectivity index (χ4v) is 4.87. The highest BCUT2D eigenvalue weighted by molar-refractivity contribution is 7.90. The van der Waals surface area contributed by atoms with E-state index in [9.17, 15) is 18.3 Å². The van der Waals surface area contributed by atoms with Crippen molar-refractivity contribution in [3.8, 4) is 6.07 Å². The lowest BCUT2D eigenvalue weighted by atomic mass is 10.1. The van der Waals surface area contributed by atoms with Crippen LogP contribution in [0.5, 0.6) is 0 Å². The number of hydrogen-bond donors (Lipinski definition) is 1. The van der Waals surface area contributed by atoms with Crippen LogP contribution >= 0.6 is 0 Å². The molecule has 0 aliphatic rings. The number of nitrogens with zero attached hydrogens (tertiary/aromatic N) is 3. The van der Waals surface area contributed by atoms with Crippen LogP contribution in [0.15, 0.2) is 35.2 Å². The number of benzene rings is 2. The summed E-state index contributed by atoms with van der Waals surface area (Å²) in [6.07, 6.45) is 0. The van der Waals surface area contributed by atoms with Crippen LogP contribution in [0.1, 0.15) is 32.7 Å². The van der Waals surface area contributed by atoms with Crippen molar-refractivity contribution < 1.29 is 18.3 Å². The Labute approximate surface area is 150 Å². The van der Waals surface area contributed by atoms with E-state index in [1.807, 2.05) is 13.0 Å². The minimum absolute atomic E-state index is 0.0915. The maximum Gasteiger partial charge on any atom is 0.357 e. The molecule has 0 fully saturated rings. The molecule has 0 bridgehead atoms. The minimum atomic E-state index is -4.12. The third-order valence-corrected chi connectivity index (χ3v) is 5.96. The van der Waals surface area contributed by atoms with Gasteiger partial charge in [0.2, 0.25) is 0 Å². The first-order valence-electron chi connectivity index (χ1n) is 7.66. The first-order valence-corrected chi connectivity index (χ1v) is 9.10. The summed E-state index contributed by atoms with van der Waals surface area (Å²) in [5.41, 5.74) is 1.95. The number of rotatable bonds is 3. The summed E-state index contributed by atoms with van der Waals surface area (Å²) in [5, 5.41) is 22.4. The minimum Gasteiger partial charge on any atom is -0.476 e. The third kappa shape index (κ3) is 2.62. The van der Waals surface area contributed by atoms with Crippen LogP contribution in [-0.4, -0.2) is 28.7 Å². The van der Waals surface area contributed by atoms with E-state index in [1.54, 1.807) is 26.0 Å². The van der Waals surface area contributed by atoms with Gasteiger partial charge in [0, 0.05) is 5.39 Å². The van der Waals surface area contributed by atoms with Gasteiger partial charge < -0.3 is 5.11 Å². The van der Waals surface area contributed by atoms with E-state index >= 15 is 0 Å². The summed E-state index contributed by atoms with van der Waals surface area (Å²) in [4.78, 5) is 11.6. The molecule has 0 saturated carbocycles. The maximum atomic E-state index is 13.2. The van der Waals surface area contributed by atoms with Gasteiger partial charge in [0.25, 0.3) is 10.0 Å². The van der Waals surface area contributed by atoms with Crippen molar-refractivity contribution in [3.63, 3.8) is 0 Å². The van der Waals surface area contributed by atoms with Crippen molar-refractivity contribution in [2.75, 3.05) is 0 Å². The topological polar surface area (TPSA) is 113 Å². The van der Waals surface area contributed by atoms with E-state index < -0.39 is 21.7 Å². The largest absolute Gasteiger partial charge is 0.476 e. The number of aromatic nitrogens is 2. The Kier molecular flexibility index (Phi) is 4.05. The number of carboxylic acids is 1. The molecular formula is C18H15N3O4S. The van der Waals surface area contributed by atoms with E-state index in [1.165, 1.54) is 18.2 Å². The van der Waals surface area contributed by atoms with Crippen molar-refractivity contribution in [1.29, 1.82) is 5.26 Å². The van der Waals surface area contributed by atoms with Crippen molar-refractivity contribution in [2.24, 2.45) is 0 Å². The highest BCUT2D eigenvalue weighted by atomic mass is 32.2. The number of carbonyl (C=O) groups is 1. The first-order chi connectivity index (χ1) is 12.2. The summed E-state index contributed by atoms with van der Waals surface area (Å²) in [5.74, 6) is -1.36. The van der Waals surface area contributed by atoms with Gasteiger partial charge in [0.1, 0.15) is 0 Å². The SMILES string of the molecule is Cc1cc(C)c(S(=O)(=O)n2nc(C(=O)O)c3cc(C#N)ccc32)c(C)c1. The normalized spacial score (nSPS) is 11.5. The number of aromatic carboxylic acids is 1. The van der Waals surface area contributed by atoms with Gasteiger partial charge in [-0.3, -0.25) is 0 Å². The Hall–Kier alpha value is -3.18. The molecule has 1 N–H and O–H groups in total. The summed E-state index contributed by atoms with van der Waals surface area (Å²) in [7, 11) is -4.12. The lowest BCUT2D eigenvalue weighted by Crippen LogP contribution is -2.18. The van der Waals surface area contributed by atoms with Gasteiger partial charge in [-0.15, -0.1) is 5.10 Å². The zero-order valence-corrected chi connectivity index (χ0v) is 15.1. The predicted molar refractivity (Wildman–Crippen MR) is 94.6 cm³/mol. The second kappa shape index (κ2) is 5.97. The van der Waals surface area contributed by atoms with E-state index in [0.29, 0.717) is 11.1 Å². The Morgan fingerprint density at radius 2 is 1.77 bits per heavy atom. The Bertz CT molecular complexity index is 1190. The molecule has 0 amide bonds. The standard InChI is InChI=1S/C18H15N3O4S/c1-10-6-11(2)17(12(3)7-10)26(24,25)21-15-5-4-13(9-19)8-14(15)16(20-21)18(22)23/h4-8H,1-3H3,(H,22,23). The van der Waals surface area contributed by atoms with Gasteiger partial charge in [-0.25, -0.2) is 4.79 Å². The summed E-state index contributed by atoms with van der Waals surface area (Å²) in [6, 6.07) is 9.55. The molecule has 2 aromatic carbocycles. The average molecular weight is 369 g/mol. The lowest BCUT2D eigenvalue weighted by Gasteiger charge is -2.12. The van der Waals surface area contributed by atoms with Crippen molar-refractivity contribution in [1.82, 2.24) is 9.19 Å². The van der Waals surface area contributed by atoms with Gasteiger partial charge in [-0.05, 0) is 50.1 Å². The number of fused-ring (bicyclic) bond motifs is 1. The summed E-state index contributed by atoms with van der Waals surface area (Å²) in [6.45, 7) is 5.24. The summed E-state index contributed by atoms with van der Waals surface area (Å²) < 4.78 is 27.2. The molecule has 3 aromatic rings. The van der Waals surface area contributed by atoms with Crippen LogP contribution in [-0.2, 0) is 10.0 Å². The molecule has 3 rings (SSSR count). The fraction of sp³-hybridized carbons (Fsp3) is 0.167. The van der Waals surface area contributed by atoms with E-state index in [-0.39, 0.29) is 21.4 Å². The molecule has 132 valence electrons. The van der Waals surface area contributed by atoms with Gasteiger partial charge in [0.05, 0.1) is 22.0 Å². The number of hydrogen-bond acceptors (Lipinski definition) is 5.